The SMILES string of the molecule is CSc1ccc2c(c1)C(=O)N([C@H](C)c1ccc(Cl)cc1)[C@@H](c1ccc(Cl)cc1)C(=O)N2. The van der Waals surface area contributed by atoms with Gasteiger partial charge in [0.1, 0.15) is 6.04 Å². The Kier molecular flexibility index (Phi) is 6.28. The van der Waals surface area contributed by atoms with Gasteiger partial charge in [-0.1, -0.05) is 47.5 Å². The first kappa shape index (κ1) is 21.8. The summed E-state index contributed by atoms with van der Waals surface area (Å²) < 4.78 is 0. The van der Waals surface area contributed by atoms with Crippen LogP contribution in [0.25, 0.3) is 0 Å². The lowest BCUT2D eigenvalue weighted by atomic mass is 9.99. The van der Waals surface area contributed by atoms with E-state index in [1.54, 1.807) is 59.1 Å². The van der Waals surface area contributed by atoms with Gasteiger partial charge in [0.05, 0.1) is 17.3 Å². The highest BCUT2D eigenvalue weighted by Crippen LogP contribution is 2.38. The summed E-state index contributed by atoms with van der Waals surface area (Å²) in [7, 11) is 0. The number of rotatable bonds is 4. The van der Waals surface area contributed by atoms with Crippen LogP contribution in [0.3, 0.4) is 0 Å². The third kappa shape index (κ3) is 4.31. The second-order valence-electron chi connectivity index (χ2n) is 7.29. The summed E-state index contributed by atoms with van der Waals surface area (Å²) in [5.41, 5.74) is 2.55. The molecule has 3 aromatic carbocycles. The third-order valence-electron chi connectivity index (χ3n) is 5.43. The quantitative estimate of drug-likeness (QED) is 0.436. The molecule has 158 valence electrons. The van der Waals surface area contributed by atoms with Crippen molar-refractivity contribution in [3.63, 3.8) is 0 Å². The molecule has 1 aliphatic heterocycles. The van der Waals surface area contributed by atoms with Crippen molar-refractivity contribution in [1.29, 1.82) is 0 Å². The molecule has 0 bridgehead atoms. The van der Waals surface area contributed by atoms with Gasteiger partial charge in [0.2, 0.25) is 0 Å². The van der Waals surface area contributed by atoms with Crippen LogP contribution in [0.5, 0.6) is 0 Å². The minimum absolute atomic E-state index is 0.216. The lowest BCUT2D eigenvalue weighted by Crippen LogP contribution is -2.40. The summed E-state index contributed by atoms with van der Waals surface area (Å²) in [6.45, 7) is 1.92. The van der Waals surface area contributed by atoms with E-state index in [0.717, 1.165) is 10.5 Å². The van der Waals surface area contributed by atoms with Gasteiger partial charge in [-0.15, -0.1) is 11.8 Å². The highest BCUT2D eigenvalue weighted by molar-refractivity contribution is 7.98. The summed E-state index contributed by atoms with van der Waals surface area (Å²) in [6.07, 6.45) is 1.95. The molecule has 4 nitrogen and oxygen atoms in total. The number of thioether (sulfide) groups is 1. The fourth-order valence-corrected chi connectivity index (χ4v) is 4.47. The minimum Gasteiger partial charge on any atom is -0.323 e. The van der Waals surface area contributed by atoms with Crippen molar-refractivity contribution in [2.24, 2.45) is 0 Å². The van der Waals surface area contributed by atoms with Crippen LogP contribution >= 0.6 is 35.0 Å². The van der Waals surface area contributed by atoms with Gasteiger partial charge in [-0.2, -0.15) is 0 Å². The average molecular weight is 471 g/mol. The van der Waals surface area contributed by atoms with Crippen LogP contribution in [0.2, 0.25) is 10.0 Å². The van der Waals surface area contributed by atoms with Crippen LogP contribution in [0.15, 0.2) is 71.6 Å². The van der Waals surface area contributed by atoms with E-state index in [2.05, 4.69) is 5.32 Å². The number of carbonyl (C=O) groups is 2. The highest BCUT2D eigenvalue weighted by Gasteiger charge is 2.39. The van der Waals surface area contributed by atoms with Crippen molar-refractivity contribution in [1.82, 2.24) is 4.90 Å². The molecule has 0 radical (unpaired) electrons. The molecule has 0 fully saturated rings. The average Bonchev–Trinajstić information content (AvgIpc) is 2.88. The summed E-state index contributed by atoms with van der Waals surface area (Å²) in [4.78, 5) is 29.8. The molecule has 0 aromatic heterocycles. The zero-order valence-electron chi connectivity index (χ0n) is 16.9. The third-order valence-corrected chi connectivity index (χ3v) is 6.66. The molecule has 0 spiro atoms. The van der Waals surface area contributed by atoms with E-state index >= 15 is 0 Å². The van der Waals surface area contributed by atoms with Gasteiger partial charge >= 0.3 is 0 Å². The van der Waals surface area contributed by atoms with Gasteiger partial charge in [-0.25, -0.2) is 0 Å². The number of hydrogen-bond donors (Lipinski definition) is 1. The number of carbonyl (C=O) groups excluding carboxylic acids is 2. The summed E-state index contributed by atoms with van der Waals surface area (Å²) >= 11 is 13.7. The Morgan fingerprint density at radius 1 is 0.935 bits per heavy atom. The number of benzene rings is 3. The Morgan fingerprint density at radius 2 is 1.55 bits per heavy atom. The molecule has 0 saturated carbocycles. The molecule has 1 N–H and O–H groups in total. The Morgan fingerprint density at radius 3 is 2.16 bits per heavy atom. The minimum atomic E-state index is -0.819. The van der Waals surface area contributed by atoms with Gasteiger partial charge < -0.3 is 10.2 Å². The standard InChI is InChI=1S/C24H20Cl2N2O2S/c1-14(15-3-7-17(25)8-4-15)28-22(16-5-9-18(26)10-6-16)23(29)27-21-12-11-19(31-2)13-20(21)24(28)30/h3-14,22H,1-2H3,(H,27,29)/t14-,22+/m1/s1. The zero-order chi connectivity index (χ0) is 22.1. The van der Waals surface area contributed by atoms with Crippen LogP contribution < -0.4 is 5.32 Å². The van der Waals surface area contributed by atoms with Crippen molar-refractivity contribution in [2.75, 3.05) is 11.6 Å². The van der Waals surface area contributed by atoms with Gasteiger partial charge in [-0.3, -0.25) is 9.59 Å². The van der Waals surface area contributed by atoms with Crippen molar-refractivity contribution >= 4 is 52.5 Å². The van der Waals surface area contributed by atoms with Gasteiger partial charge in [-0.05, 0) is 66.8 Å². The summed E-state index contributed by atoms with van der Waals surface area (Å²) in [5.74, 6) is -0.487. The van der Waals surface area contributed by atoms with E-state index in [1.807, 2.05) is 37.4 Å². The van der Waals surface area contributed by atoms with Crippen LogP contribution in [0.1, 0.15) is 40.5 Å². The van der Waals surface area contributed by atoms with Gasteiger partial charge in [0.15, 0.2) is 0 Å². The van der Waals surface area contributed by atoms with Crippen LogP contribution in [-0.4, -0.2) is 23.0 Å². The fourth-order valence-electron chi connectivity index (χ4n) is 3.78. The molecule has 7 heteroatoms. The van der Waals surface area contributed by atoms with Gasteiger partial charge in [0, 0.05) is 14.9 Å². The second-order valence-corrected chi connectivity index (χ2v) is 9.05. The first-order valence-corrected chi connectivity index (χ1v) is 11.7. The predicted octanol–water partition coefficient (Wildman–Crippen LogP) is 6.61. The molecule has 31 heavy (non-hydrogen) atoms. The number of halogens is 2. The molecule has 0 unspecified atom stereocenters. The number of nitrogens with zero attached hydrogens (tertiary/aromatic N) is 1. The van der Waals surface area contributed by atoms with Crippen molar-refractivity contribution in [3.8, 4) is 0 Å². The molecule has 2 amide bonds. The number of hydrogen-bond acceptors (Lipinski definition) is 3. The van der Waals surface area contributed by atoms with Crippen molar-refractivity contribution in [2.45, 2.75) is 23.9 Å². The Balaban J connectivity index is 1.88. The number of fused-ring (bicyclic) bond motifs is 1. The maximum atomic E-state index is 13.9. The van der Waals surface area contributed by atoms with E-state index in [0.29, 0.717) is 26.9 Å². The molecule has 3 aromatic rings. The maximum absolute atomic E-state index is 13.9. The Labute approximate surface area is 195 Å². The van der Waals surface area contributed by atoms with E-state index in [9.17, 15) is 9.59 Å². The van der Waals surface area contributed by atoms with E-state index < -0.39 is 6.04 Å². The summed E-state index contributed by atoms with van der Waals surface area (Å²) in [5, 5.41) is 4.12. The largest absolute Gasteiger partial charge is 0.323 e. The monoisotopic (exact) mass is 470 g/mol. The van der Waals surface area contributed by atoms with E-state index in [4.69, 9.17) is 23.2 Å². The van der Waals surface area contributed by atoms with Crippen LogP contribution in [0.4, 0.5) is 5.69 Å². The molecule has 0 aliphatic carbocycles. The van der Waals surface area contributed by atoms with Crippen LogP contribution in [-0.2, 0) is 4.79 Å². The number of nitrogens with one attached hydrogen (secondary N) is 1. The Hall–Kier alpha value is -2.47. The normalized spacial score (nSPS) is 17.0. The molecular weight excluding hydrogens is 451 g/mol. The first-order valence-electron chi connectivity index (χ1n) is 9.71. The Bertz CT molecular complexity index is 1130. The van der Waals surface area contributed by atoms with Crippen molar-refractivity contribution < 1.29 is 9.59 Å². The van der Waals surface area contributed by atoms with E-state index in [1.165, 1.54) is 0 Å². The van der Waals surface area contributed by atoms with Crippen molar-refractivity contribution in [3.05, 3.63) is 93.5 Å². The second kappa shape index (κ2) is 8.95. The highest BCUT2D eigenvalue weighted by atomic mass is 35.5. The number of anilines is 1. The molecule has 1 heterocycles. The summed E-state index contributed by atoms with van der Waals surface area (Å²) in [6, 6.07) is 18.7. The molecule has 2 atom stereocenters. The first-order chi connectivity index (χ1) is 14.9. The molecule has 1 aliphatic rings. The number of amides is 2. The maximum Gasteiger partial charge on any atom is 0.257 e. The van der Waals surface area contributed by atoms with E-state index in [-0.39, 0.29) is 17.9 Å². The topological polar surface area (TPSA) is 49.4 Å². The van der Waals surface area contributed by atoms with Crippen LogP contribution in [0, 0.1) is 0 Å². The lowest BCUT2D eigenvalue weighted by molar-refractivity contribution is -0.121. The molecule has 0 saturated heterocycles. The molecule has 4 rings (SSSR count). The lowest BCUT2D eigenvalue weighted by Gasteiger charge is -2.34. The molecular formula is C24H20Cl2N2O2S. The predicted molar refractivity (Wildman–Crippen MR) is 127 cm³/mol. The fraction of sp³-hybridized carbons (Fsp3) is 0.167. The van der Waals surface area contributed by atoms with Gasteiger partial charge in [0.25, 0.3) is 11.8 Å². The smallest absolute Gasteiger partial charge is 0.257 e. The zero-order valence-corrected chi connectivity index (χ0v) is 19.3.